The van der Waals surface area contributed by atoms with Crippen LogP contribution in [0.15, 0.2) is 29.8 Å². The Morgan fingerprint density at radius 3 is 3.06 bits per heavy atom. The minimum Gasteiger partial charge on any atom is -0.304 e. The van der Waals surface area contributed by atoms with E-state index >= 15 is 0 Å². The smallest absolute Gasteiger partial charge is 0.146 e. The van der Waals surface area contributed by atoms with Crippen LogP contribution >= 0.6 is 22.9 Å². The zero-order valence-corrected chi connectivity index (χ0v) is 10.9. The predicted molar refractivity (Wildman–Crippen MR) is 68.8 cm³/mol. The molecule has 1 unspecified atom stereocenters. The minimum atomic E-state index is -0.354. The number of hydrogen-bond donors (Lipinski definition) is 1. The van der Waals surface area contributed by atoms with Gasteiger partial charge in [0.1, 0.15) is 10.8 Å². The Labute approximate surface area is 108 Å². The predicted octanol–water partition coefficient (Wildman–Crippen LogP) is 3.79. The summed E-state index contributed by atoms with van der Waals surface area (Å²) in [6, 6.07) is 5.12. The van der Waals surface area contributed by atoms with Crippen LogP contribution in [0, 0.1) is 5.82 Å². The number of aromatic nitrogens is 1. The number of nitrogens with zero attached hydrogens (tertiary/aromatic N) is 1. The van der Waals surface area contributed by atoms with Crippen LogP contribution < -0.4 is 5.32 Å². The standard InChI is InChI=1S/C12H12ClFN2S/c1-8(12-15-5-6-17-12)16-7-9-3-2-4-10(13)11(9)14/h2-6,8,16H,7H2,1H3. The molecular formula is C12H12ClFN2S. The molecule has 1 aromatic heterocycles. The Balaban J connectivity index is 2.00. The van der Waals surface area contributed by atoms with Gasteiger partial charge in [0, 0.05) is 23.7 Å². The molecule has 1 aromatic carbocycles. The SMILES string of the molecule is CC(NCc1cccc(Cl)c1F)c1nccs1. The molecule has 1 heterocycles. The van der Waals surface area contributed by atoms with Gasteiger partial charge in [0.2, 0.25) is 0 Å². The fourth-order valence-electron chi connectivity index (χ4n) is 1.48. The highest BCUT2D eigenvalue weighted by Crippen LogP contribution is 2.19. The third-order valence-corrected chi connectivity index (χ3v) is 3.70. The normalized spacial score (nSPS) is 12.6. The molecule has 2 nitrogen and oxygen atoms in total. The van der Waals surface area contributed by atoms with Gasteiger partial charge in [0.25, 0.3) is 0 Å². The van der Waals surface area contributed by atoms with Gasteiger partial charge in [0.15, 0.2) is 0 Å². The van der Waals surface area contributed by atoms with Crippen LogP contribution in [0.1, 0.15) is 23.5 Å². The van der Waals surface area contributed by atoms with Gasteiger partial charge >= 0.3 is 0 Å². The van der Waals surface area contributed by atoms with Crippen molar-refractivity contribution in [3.63, 3.8) is 0 Å². The van der Waals surface area contributed by atoms with Crippen molar-refractivity contribution in [2.24, 2.45) is 0 Å². The first-order chi connectivity index (χ1) is 8.18. The lowest BCUT2D eigenvalue weighted by molar-refractivity contribution is 0.543. The van der Waals surface area contributed by atoms with Gasteiger partial charge in [0.05, 0.1) is 11.1 Å². The van der Waals surface area contributed by atoms with E-state index in [0.717, 1.165) is 5.01 Å². The summed E-state index contributed by atoms with van der Waals surface area (Å²) in [6.45, 7) is 2.44. The second-order valence-electron chi connectivity index (χ2n) is 3.69. The van der Waals surface area contributed by atoms with Crippen molar-refractivity contribution in [2.75, 3.05) is 0 Å². The highest BCUT2D eigenvalue weighted by atomic mass is 35.5. The molecule has 2 rings (SSSR count). The van der Waals surface area contributed by atoms with Crippen LogP contribution in [0.5, 0.6) is 0 Å². The molecular weight excluding hydrogens is 259 g/mol. The zero-order valence-electron chi connectivity index (χ0n) is 9.28. The molecule has 17 heavy (non-hydrogen) atoms. The molecule has 0 aliphatic heterocycles. The molecule has 2 aromatic rings. The molecule has 0 saturated heterocycles. The van der Waals surface area contributed by atoms with Gasteiger partial charge in [-0.1, -0.05) is 23.7 Å². The lowest BCUT2D eigenvalue weighted by Gasteiger charge is -2.11. The van der Waals surface area contributed by atoms with E-state index in [1.165, 1.54) is 0 Å². The average molecular weight is 271 g/mol. The largest absolute Gasteiger partial charge is 0.304 e. The topological polar surface area (TPSA) is 24.9 Å². The lowest BCUT2D eigenvalue weighted by atomic mass is 10.2. The molecule has 0 spiro atoms. The van der Waals surface area contributed by atoms with Gasteiger partial charge in [-0.25, -0.2) is 9.37 Å². The first-order valence-corrected chi connectivity index (χ1v) is 6.50. The van der Waals surface area contributed by atoms with Crippen LogP contribution in [0.4, 0.5) is 4.39 Å². The summed E-state index contributed by atoms with van der Waals surface area (Å²) >= 11 is 7.30. The summed E-state index contributed by atoms with van der Waals surface area (Å²) in [4.78, 5) is 4.20. The van der Waals surface area contributed by atoms with Crippen molar-refractivity contribution in [2.45, 2.75) is 19.5 Å². The highest BCUT2D eigenvalue weighted by molar-refractivity contribution is 7.09. The number of nitrogens with one attached hydrogen (secondary N) is 1. The average Bonchev–Trinajstić information content (AvgIpc) is 2.84. The lowest BCUT2D eigenvalue weighted by Crippen LogP contribution is -2.18. The Kier molecular flexibility index (Phi) is 4.10. The van der Waals surface area contributed by atoms with Crippen LogP contribution in [0.3, 0.4) is 0 Å². The Hall–Kier alpha value is -0.970. The van der Waals surface area contributed by atoms with Crippen molar-refractivity contribution in [1.29, 1.82) is 0 Å². The second kappa shape index (κ2) is 5.58. The number of rotatable bonds is 4. The maximum Gasteiger partial charge on any atom is 0.146 e. The van der Waals surface area contributed by atoms with E-state index in [-0.39, 0.29) is 16.9 Å². The minimum absolute atomic E-state index is 0.105. The monoisotopic (exact) mass is 270 g/mol. The van der Waals surface area contributed by atoms with Crippen molar-refractivity contribution in [3.8, 4) is 0 Å². The van der Waals surface area contributed by atoms with Crippen LogP contribution in [-0.4, -0.2) is 4.98 Å². The summed E-state index contributed by atoms with van der Waals surface area (Å²) in [7, 11) is 0. The van der Waals surface area contributed by atoms with Crippen LogP contribution in [-0.2, 0) is 6.54 Å². The number of halogens is 2. The quantitative estimate of drug-likeness (QED) is 0.914. The first-order valence-electron chi connectivity index (χ1n) is 5.24. The number of benzene rings is 1. The summed E-state index contributed by atoms with van der Waals surface area (Å²) in [5, 5.41) is 6.29. The van der Waals surface area contributed by atoms with Crippen LogP contribution in [0.2, 0.25) is 5.02 Å². The molecule has 0 aliphatic carbocycles. The molecule has 90 valence electrons. The first kappa shape index (κ1) is 12.5. The molecule has 0 radical (unpaired) electrons. The molecule has 0 aliphatic rings. The van der Waals surface area contributed by atoms with Gasteiger partial charge in [-0.2, -0.15) is 0 Å². The molecule has 5 heteroatoms. The molecule has 0 saturated carbocycles. The van der Waals surface area contributed by atoms with Crippen molar-refractivity contribution in [3.05, 3.63) is 51.2 Å². The fraction of sp³-hybridized carbons (Fsp3) is 0.250. The zero-order chi connectivity index (χ0) is 12.3. The van der Waals surface area contributed by atoms with Gasteiger partial charge in [-0.05, 0) is 13.0 Å². The van der Waals surface area contributed by atoms with E-state index in [2.05, 4.69) is 10.3 Å². The summed E-state index contributed by atoms with van der Waals surface area (Å²) in [5.74, 6) is -0.354. The van der Waals surface area contributed by atoms with E-state index in [0.29, 0.717) is 12.1 Å². The Bertz CT molecular complexity index is 487. The van der Waals surface area contributed by atoms with Crippen molar-refractivity contribution in [1.82, 2.24) is 10.3 Å². The number of hydrogen-bond acceptors (Lipinski definition) is 3. The molecule has 1 N–H and O–H groups in total. The fourth-order valence-corrected chi connectivity index (χ4v) is 2.35. The molecule has 0 fully saturated rings. The summed E-state index contributed by atoms with van der Waals surface area (Å²) in [5.41, 5.74) is 0.570. The Morgan fingerprint density at radius 1 is 1.53 bits per heavy atom. The van der Waals surface area contributed by atoms with E-state index in [4.69, 9.17) is 11.6 Å². The van der Waals surface area contributed by atoms with E-state index in [1.54, 1.807) is 35.7 Å². The maximum absolute atomic E-state index is 13.6. The number of thiazole rings is 1. The van der Waals surface area contributed by atoms with E-state index in [1.807, 2.05) is 12.3 Å². The van der Waals surface area contributed by atoms with Crippen molar-refractivity contribution >= 4 is 22.9 Å². The van der Waals surface area contributed by atoms with Gasteiger partial charge < -0.3 is 5.32 Å². The van der Waals surface area contributed by atoms with Gasteiger partial charge in [-0.3, -0.25) is 0 Å². The molecule has 1 atom stereocenters. The van der Waals surface area contributed by atoms with Crippen molar-refractivity contribution < 1.29 is 4.39 Å². The third-order valence-electron chi connectivity index (χ3n) is 2.45. The molecule has 0 bridgehead atoms. The summed E-state index contributed by atoms with van der Waals surface area (Å²) in [6.07, 6.45) is 1.76. The van der Waals surface area contributed by atoms with E-state index < -0.39 is 0 Å². The third kappa shape index (κ3) is 3.03. The Morgan fingerprint density at radius 2 is 2.35 bits per heavy atom. The molecule has 0 amide bonds. The van der Waals surface area contributed by atoms with Gasteiger partial charge in [-0.15, -0.1) is 11.3 Å². The second-order valence-corrected chi connectivity index (χ2v) is 5.02. The highest BCUT2D eigenvalue weighted by Gasteiger charge is 2.10. The van der Waals surface area contributed by atoms with E-state index in [9.17, 15) is 4.39 Å². The summed E-state index contributed by atoms with van der Waals surface area (Å²) < 4.78 is 13.6. The van der Waals surface area contributed by atoms with Crippen LogP contribution in [0.25, 0.3) is 0 Å². The maximum atomic E-state index is 13.6.